The minimum absolute atomic E-state index is 0.318. The minimum Gasteiger partial charge on any atom is -0.462 e. The van der Waals surface area contributed by atoms with Crippen LogP contribution in [0.15, 0.2) is 0 Å². The van der Waals surface area contributed by atoms with E-state index in [2.05, 4.69) is 21.9 Å². The van der Waals surface area contributed by atoms with Crippen molar-refractivity contribution in [3.05, 3.63) is 0 Å². The first-order chi connectivity index (χ1) is 7.90. The summed E-state index contributed by atoms with van der Waals surface area (Å²) in [5.74, 6) is 0. The van der Waals surface area contributed by atoms with Gasteiger partial charge < -0.3 is 15.8 Å². The van der Waals surface area contributed by atoms with Crippen molar-refractivity contribution >= 4 is 6.47 Å². The molecule has 1 atom stereocenters. The topological polar surface area (TPSA) is 67.6 Å². The van der Waals surface area contributed by atoms with E-state index in [4.69, 9.17) is 5.73 Å². The van der Waals surface area contributed by atoms with Crippen molar-refractivity contribution < 1.29 is 9.53 Å². The van der Waals surface area contributed by atoms with Gasteiger partial charge >= 0.3 is 0 Å². The SMILES string of the molecule is CC(C)(C)OC=O.C[C@@H]1CNCCN1CCN. The maximum Gasteiger partial charge on any atom is 0.293 e. The average Bonchev–Trinajstić information content (AvgIpc) is 2.21. The molecule has 1 aliphatic rings. The van der Waals surface area contributed by atoms with E-state index in [0.717, 1.165) is 32.7 Å². The number of nitrogens with one attached hydrogen (secondary N) is 1. The molecule has 0 aromatic heterocycles. The summed E-state index contributed by atoms with van der Waals surface area (Å²) in [5.41, 5.74) is 5.14. The molecule has 0 unspecified atom stereocenters. The van der Waals surface area contributed by atoms with Gasteiger partial charge in [-0.2, -0.15) is 0 Å². The van der Waals surface area contributed by atoms with Crippen molar-refractivity contribution in [2.75, 3.05) is 32.7 Å². The molecule has 0 spiro atoms. The molecule has 3 N–H and O–H groups in total. The van der Waals surface area contributed by atoms with E-state index in [1.54, 1.807) is 0 Å². The van der Waals surface area contributed by atoms with Crippen molar-refractivity contribution in [2.24, 2.45) is 5.73 Å². The van der Waals surface area contributed by atoms with E-state index in [9.17, 15) is 4.79 Å². The van der Waals surface area contributed by atoms with E-state index in [0.29, 0.717) is 12.5 Å². The van der Waals surface area contributed by atoms with Crippen LogP contribution in [0.5, 0.6) is 0 Å². The van der Waals surface area contributed by atoms with Gasteiger partial charge in [0.15, 0.2) is 0 Å². The Bertz CT molecular complexity index is 202. The molecule has 1 heterocycles. The Morgan fingerprint density at radius 2 is 2.18 bits per heavy atom. The third-order valence-electron chi connectivity index (χ3n) is 2.46. The second-order valence-corrected chi connectivity index (χ2v) is 5.20. The summed E-state index contributed by atoms with van der Waals surface area (Å²) < 4.78 is 4.55. The number of ether oxygens (including phenoxy) is 1. The maximum atomic E-state index is 9.60. The maximum absolute atomic E-state index is 9.60. The van der Waals surface area contributed by atoms with Gasteiger partial charge in [-0.3, -0.25) is 9.69 Å². The predicted octanol–water partition coefficient (Wildman–Crippen LogP) is 0.197. The fourth-order valence-electron chi connectivity index (χ4n) is 1.53. The van der Waals surface area contributed by atoms with Gasteiger partial charge in [0.2, 0.25) is 0 Å². The van der Waals surface area contributed by atoms with Crippen molar-refractivity contribution in [3.8, 4) is 0 Å². The molecular weight excluding hydrogens is 218 g/mol. The third kappa shape index (κ3) is 9.09. The van der Waals surface area contributed by atoms with E-state index in [1.165, 1.54) is 0 Å². The average molecular weight is 245 g/mol. The molecule has 0 aliphatic carbocycles. The highest BCUT2D eigenvalue weighted by Gasteiger charge is 2.15. The third-order valence-corrected chi connectivity index (χ3v) is 2.46. The first-order valence-electron chi connectivity index (χ1n) is 6.17. The number of piperazine rings is 1. The second kappa shape index (κ2) is 8.44. The van der Waals surface area contributed by atoms with Crippen LogP contribution in [0.2, 0.25) is 0 Å². The smallest absolute Gasteiger partial charge is 0.293 e. The molecule has 0 radical (unpaired) electrons. The molecule has 0 bridgehead atoms. The summed E-state index contributed by atoms with van der Waals surface area (Å²) >= 11 is 0. The largest absolute Gasteiger partial charge is 0.462 e. The quantitative estimate of drug-likeness (QED) is 0.695. The number of carbonyl (C=O) groups is 1. The van der Waals surface area contributed by atoms with Crippen molar-refractivity contribution in [1.29, 1.82) is 0 Å². The fraction of sp³-hybridized carbons (Fsp3) is 0.917. The summed E-state index contributed by atoms with van der Waals surface area (Å²) in [6.45, 7) is 13.4. The molecule has 17 heavy (non-hydrogen) atoms. The minimum atomic E-state index is -0.318. The van der Waals surface area contributed by atoms with Crippen LogP contribution in [0.25, 0.3) is 0 Å². The summed E-state index contributed by atoms with van der Waals surface area (Å²) in [7, 11) is 0. The molecule has 1 saturated heterocycles. The highest BCUT2D eigenvalue weighted by molar-refractivity contribution is 5.37. The lowest BCUT2D eigenvalue weighted by Crippen LogP contribution is -2.51. The van der Waals surface area contributed by atoms with Crippen molar-refractivity contribution in [1.82, 2.24) is 10.2 Å². The zero-order chi connectivity index (χ0) is 13.3. The molecule has 0 saturated carbocycles. The lowest BCUT2D eigenvalue weighted by molar-refractivity contribution is -0.138. The van der Waals surface area contributed by atoms with Crippen LogP contribution in [-0.4, -0.2) is 55.7 Å². The molecule has 1 aliphatic heterocycles. The molecule has 1 rings (SSSR count). The van der Waals surface area contributed by atoms with E-state index >= 15 is 0 Å². The Morgan fingerprint density at radius 1 is 1.53 bits per heavy atom. The summed E-state index contributed by atoms with van der Waals surface area (Å²) in [6, 6.07) is 0.664. The number of nitrogens with two attached hydrogens (primary N) is 1. The molecule has 5 heteroatoms. The van der Waals surface area contributed by atoms with E-state index in [1.807, 2.05) is 20.8 Å². The molecule has 5 nitrogen and oxygen atoms in total. The number of hydrogen-bond donors (Lipinski definition) is 2. The fourth-order valence-corrected chi connectivity index (χ4v) is 1.53. The predicted molar refractivity (Wildman–Crippen MR) is 69.9 cm³/mol. The summed E-state index contributed by atoms with van der Waals surface area (Å²) in [5, 5.41) is 3.34. The lowest BCUT2D eigenvalue weighted by Gasteiger charge is -2.33. The monoisotopic (exact) mass is 245 g/mol. The standard InChI is InChI=1S/C7H17N3.C5H10O2/c1-7-6-9-3-5-10(7)4-2-8;1-5(2,3)7-4-6/h7,9H,2-6,8H2,1H3;4H,1-3H3/t7-;/m1./s1. The zero-order valence-electron chi connectivity index (χ0n) is 11.5. The molecule has 0 aromatic carbocycles. The van der Waals surface area contributed by atoms with Crippen LogP contribution < -0.4 is 11.1 Å². The highest BCUT2D eigenvalue weighted by Crippen LogP contribution is 2.02. The van der Waals surface area contributed by atoms with Crippen LogP contribution in [0.1, 0.15) is 27.7 Å². The normalized spacial score (nSPS) is 21.4. The highest BCUT2D eigenvalue weighted by atomic mass is 16.5. The first kappa shape index (κ1) is 16.4. The second-order valence-electron chi connectivity index (χ2n) is 5.20. The Hall–Kier alpha value is -0.650. The van der Waals surface area contributed by atoms with Crippen LogP contribution >= 0.6 is 0 Å². The zero-order valence-corrected chi connectivity index (χ0v) is 11.5. The van der Waals surface area contributed by atoms with Crippen LogP contribution in [0.4, 0.5) is 0 Å². The Balaban J connectivity index is 0.000000325. The summed E-state index contributed by atoms with van der Waals surface area (Å²) in [4.78, 5) is 12.0. The van der Waals surface area contributed by atoms with Crippen LogP contribution in [0, 0.1) is 0 Å². The molecule has 102 valence electrons. The van der Waals surface area contributed by atoms with Gasteiger partial charge in [0.25, 0.3) is 6.47 Å². The molecular formula is C12H27N3O2. The van der Waals surface area contributed by atoms with Gasteiger partial charge in [0.05, 0.1) is 0 Å². The van der Waals surface area contributed by atoms with E-state index < -0.39 is 0 Å². The summed E-state index contributed by atoms with van der Waals surface area (Å²) in [6.07, 6.45) is 0. The van der Waals surface area contributed by atoms with Gasteiger partial charge in [-0.1, -0.05) is 0 Å². The lowest BCUT2D eigenvalue weighted by atomic mass is 10.2. The molecule has 0 aromatic rings. The van der Waals surface area contributed by atoms with Crippen LogP contribution in [-0.2, 0) is 9.53 Å². The first-order valence-corrected chi connectivity index (χ1v) is 6.17. The Kier molecular flexibility index (Phi) is 8.12. The Morgan fingerprint density at radius 3 is 2.53 bits per heavy atom. The van der Waals surface area contributed by atoms with Gasteiger partial charge in [0.1, 0.15) is 5.60 Å². The number of carbonyl (C=O) groups excluding carboxylic acids is 1. The van der Waals surface area contributed by atoms with Crippen molar-refractivity contribution in [3.63, 3.8) is 0 Å². The van der Waals surface area contributed by atoms with Crippen LogP contribution in [0.3, 0.4) is 0 Å². The molecule has 1 fully saturated rings. The van der Waals surface area contributed by atoms with Gasteiger partial charge in [-0.05, 0) is 27.7 Å². The van der Waals surface area contributed by atoms with Gasteiger partial charge in [0, 0.05) is 38.8 Å². The number of hydrogen-bond acceptors (Lipinski definition) is 5. The van der Waals surface area contributed by atoms with E-state index in [-0.39, 0.29) is 5.60 Å². The number of nitrogens with zero attached hydrogens (tertiary/aromatic N) is 1. The Labute approximate surface area is 105 Å². The number of rotatable bonds is 3. The van der Waals surface area contributed by atoms with Gasteiger partial charge in [-0.15, -0.1) is 0 Å². The van der Waals surface area contributed by atoms with Gasteiger partial charge in [-0.25, -0.2) is 0 Å². The van der Waals surface area contributed by atoms with Crippen molar-refractivity contribution in [2.45, 2.75) is 39.3 Å². The molecule has 0 amide bonds.